The summed E-state index contributed by atoms with van der Waals surface area (Å²) in [6.45, 7) is 0.725. The molecule has 7 nitrogen and oxygen atoms in total. The first kappa shape index (κ1) is 22.9. The summed E-state index contributed by atoms with van der Waals surface area (Å²) in [6, 6.07) is 20.3. The minimum atomic E-state index is -3.86. The molecular weight excluding hydrogens is 470 g/mol. The van der Waals surface area contributed by atoms with Crippen molar-refractivity contribution in [2.75, 3.05) is 31.6 Å². The van der Waals surface area contributed by atoms with Gasteiger partial charge in [-0.2, -0.15) is 4.31 Å². The SMILES string of the molecule is CN(CC(=O)N(CC1CCCO1)c1nc2ccccc2s1)S(=O)(=O)c1ccc2ccccc2c1. The fourth-order valence-electron chi connectivity index (χ4n) is 4.12. The molecule has 0 saturated carbocycles. The van der Waals surface area contributed by atoms with Gasteiger partial charge in [0.25, 0.3) is 0 Å². The van der Waals surface area contributed by atoms with Gasteiger partial charge in [0.1, 0.15) is 0 Å². The third-order valence-corrected chi connectivity index (χ3v) is 8.87. The largest absolute Gasteiger partial charge is 0.376 e. The molecule has 1 unspecified atom stereocenters. The van der Waals surface area contributed by atoms with Crippen LogP contribution in [0.1, 0.15) is 12.8 Å². The van der Waals surface area contributed by atoms with E-state index < -0.39 is 10.0 Å². The highest BCUT2D eigenvalue weighted by molar-refractivity contribution is 7.89. The summed E-state index contributed by atoms with van der Waals surface area (Å²) in [6.07, 6.45) is 1.72. The second kappa shape index (κ2) is 9.42. The summed E-state index contributed by atoms with van der Waals surface area (Å²) >= 11 is 1.42. The van der Waals surface area contributed by atoms with E-state index >= 15 is 0 Å². The fraction of sp³-hybridized carbons (Fsp3) is 0.280. The number of fused-ring (bicyclic) bond motifs is 2. The summed E-state index contributed by atoms with van der Waals surface area (Å²) in [7, 11) is -2.42. The summed E-state index contributed by atoms with van der Waals surface area (Å²) in [5, 5.41) is 2.34. The molecule has 34 heavy (non-hydrogen) atoms. The number of rotatable bonds is 7. The molecule has 1 amide bonds. The quantitative estimate of drug-likeness (QED) is 0.382. The van der Waals surface area contributed by atoms with Crippen LogP contribution in [-0.2, 0) is 19.6 Å². The van der Waals surface area contributed by atoms with Crippen molar-refractivity contribution in [1.29, 1.82) is 0 Å². The van der Waals surface area contributed by atoms with Gasteiger partial charge in [-0.15, -0.1) is 0 Å². The maximum absolute atomic E-state index is 13.4. The Balaban J connectivity index is 1.40. The summed E-state index contributed by atoms with van der Waals surface area (Å²) in [5.41, 5.74) is 0.810. The molecule has 4 aromatic rings. The Morgan fingerprint density at radius 1 is 1.09 bits per heavy atom. The predicted octanol–water partition coefficient (Wildman–Crippen LogP) is 4.28. The zero-order chi connectivity index (χ0) is 23.7. The zero-order valence-electron chi connectivity index (χ0n) is 18.8. The molecule has 3 aromatic carbocycles. The molecule has 9 heteroatoms. The normalized spacial score (nSPS) is 16.5. The number of sulfonamides is 1. The van der Waals surface area contributed by atoms with E-state index in [1.54, 1.807) is 23.1 Å². The Labute approximate surface area is 202 Å². The number of likely N-dealkylation sites (N-methyl/N-ethyl adjacent to an activating group) is 1. The van der Waals surface area contributed by atoms with Crippen molar-refractivity contribution in [3.05, 3.63) is 66.7 Å². The van der Waals surface area contributed by atoms with Gasteiger partial charge in [-0.05, 0) is 47.9 Å². The van der Waals surface area contributed by atoms with Gasteiger partial charge in [0.15, 0.2) is 5.13 Å². The van der Waals surface area contributed by atoms with Crippen LogP contribution in [0, 0.1) is 0 Å². The van der Waals surface area contributed by atoms with Crippen LogP contribution < -0.4 is 4.90 Å². The smallest absolute Gasteiger partial charge is 0.244 e. The molecule has 0 radical (unpaired) electrons. The molecule has 176 valence electrons. The standard InChI is InChI=1S/C25H25N3O4S2/c1-27(34(30,31)21-13-12-18-7-2-3-8-19(18)15-21)17-24(29)28(16-20-9-6-14-32-20)25-26-22-10-4-5-11-23(22)33-25/h2-5,7-8,10-13,15,20H,6,9,14,16-17H2,1H3. The molecule has 0 bridgehead atoms. The monoisotopic (exact) mass is 495 g/mol. The van der Waals surface area contributed by atoms with Gasteiger partial charge >= 0.3 is 0 Å². The molecule has 1 aliphatic heterocycles. The van der Waals surface area contributed by atoms with Crippen LogP contribution in [-0.4, -0.2) is 56.5 Å². The molecule has 2 heterocycles. The molecule has 5 rings (SSSR count). The predicted molar refractivity (Wildman–Crippen MR) is 135 cm³/mol. The summed E-state index contributed by atoms with van der Waals surface area (Å²) < 4.78 is 34.4. The average molecular weight is 496 g/mol. The number of anilines is 1. The number of nitrogens with zero attached hydrogens (tertiary/aromatic N) is 3. The lowest BCUT2D eigenvalue weighted by molar-refractivity contribution is -0.119. The van der Waals surface area contributed by atoms with E-state index in [9.17, 15) is 13.2 Å². The molecule has 1 atom stereocenters. The van der Waals surface area contributed by atoms with Crippen molar-refractivity contribution >= 4 is 53.4 Å². The fourth-order valence-corrected chi connectivity index (χ4v) is 6.27. The number of amides is 1. The van der Waals surface area contributed by atoms with E-state index in [0.29, 0.717) is 18.3 Å². The van der Waals surface area contributed by atoms with Crippen molar-refractivity contribution < 1.29 is 17.9 Å². The van der Waals surface area contributed by atoms with Crippen LogP contribution in [0.15, 0.2) is 71.6 Å². The van der Waals surface area contributed by atoms with Crippen molar-refractivity contribution in [3.63, 3.8) is 0 Å². The van der Waals surface area contributed by atoms with Crippen molar-refractivity contribution in [2.24, 2.45) is 0 Å². The van der Waals surface area contributed by atoms with E-state index in [0.717, 1.165) is 38.1 Å². The summed E-state index contributed by atoms with van der Waals surface area (Å²) in [4.78, 5) is 19.8. The van der Waals surface area contributed by atoms with Gasteiger partial charge in [0.2, 0.25) is 15.9 Å². The Kier molecular flexibility index (Phi) is 6.35. The number of para-hydroxylation sites is 1. The minimum Gasteiger partial charge on any atom is -0.376 e. The number of aromatic nitrogens is 1. The lowest BCUT2D eigenvalue weighted by Gasteiger charge is -2.25. The van der Waals surface area contributed by atoms with E-state index in [1.165, 1.54) is 18.4 Å². The molecule has 0 N–H and O–H groups in total. The number of carbonyl (C=O) groups excluding carboxylic acids is 1. The summed E-state index contributed by atoms with van der Waals surface area (Å²) in [5.74, 6) is -0.332. The third kappa shape index (κ3) is 4.56. The van der Waals surface area contributed by atoms with Crippen LogP contribution in [0.5, 0.6) is 0 Å². The topological polar surface area (TPSA) is 79.8 Å². The van der Waals surface area contributed by atoms with Crippen LogP contribution in [0.3, 0.4) is 0 Å². The van der Waals surface area contributed by atoms with E-state index in [1.807, 2.05) is 48.5 Å². The lowest BCUT2D eigenvalue weighted by Crippen LogP contribution is -2.44. The number of benzene rings is 3. The zero-order valence-corrected chi connectivity index (χ0v) is 20.4. The molecular formula is C25H25N3O4S2. The van der Waals surface area contributed by atoms with Gasteiger partial charge in [0, 0.05) is 13.7 Å². The maximum atomic E-state index is 13.4. The van der Waals surface area contributed by atoms with Crippen LogP contribution in [0.2, 0.25) is 0 Å². The lowest BCUT2D eigenvalue weighted by atomic mass is 10.1. The molecule has 1 fully saturated rings. The second-order valence-electron chi connectivity index (χ2n) is 8.37. The minimum absolute atomic E-state index is 0.0848. The van der Waals surface area contributed by atoms with Crippen molar-refractivity contribution in [1.82, 2.24) is 9.29 Å². The van der Waals surface area contributed by atoms with Crippen LogP contribution in [0.25, 0.3) is 21.0 Å². The van der Waals surface area contributed by atoms with Crippen molar-refractivity contribution in [3.8, 4) is 0 Å². The molecule has 0 aliphatic carbocycles. The Bertz CT molecular complexity index is 1410. The number of carbonyl (C=O) groups is 1. The number of thiazole rings is 1. The Hall–Kier alpha value is -2.85. The van der Waals surface area contributed by atoms with Crippen LogP contribution >= 0.6 is 11.3 Å². The Morgan fingerprint density at radius 3 is 2.62 bits per heavy atom. The van der Waals surface area contributed by atoms with E-state index in [2.05, 4.69) is 4.98 Å². The number of hydrogen-bond acceptors (Lipinski definition) is 6. The number of hydrogen-bond donors (Lipinski definition) is 0. The first-order valence-electron chi connectivity index (χ1n) is 11.1. The first-order chi connectivity index (χ1) is 16.4. The van der Waals surface area contributed by atoms with Crippen molar-refractivity contribution in [2.45, 2.75) is 23.8 Å². The maximum Gasteiger partial charge on any atom is 0.244 e. The molecule has 1 aliphatic rings. The molecule has 1 aromatic heterocycles. The highest BCUT2D eigenvalue weighted by Crippen LogP contribution is 2.30. The second-order valence-corrected chi connectivity index (χ2v) is 11.4. The van der Waals surface area contributed by atoms with E-state index in [4.69, 9.17) is 4.74 Å². The van der Waals surface area contributed by atoms with Gasteiger partial charge in [-0.3, -0.25) is 9.69 Å². The van der Waals surface area contributed by atoms with Gasteiger partial charge in [-0.1, -0.05) is 53.8 Å². The highest BCUT2D eigenvalue weighted by Gasteiger charge is 2.30. The Morgan fingerprint density at radius 2 is 1.85 bits per heavy atom. The molecule has 1 saturated heterocycles. The first-order valence-corrected chi connectivity index (χ1v) is 13.4. The van der Waals surface area contributed by atoms with Gasteiger partial charge in [-0.25, -0.2) is 13.4 Å². The van der Waals surface area contributed by atoms with Crippen LogP contribution in [0.4, 0.5) is 5.13 Å². The average Bonchev–Trinajstić information content (AvgIpc) is 3.51. The van der Waals surface area contributed by atoms with E-state index in [-0.39, 0.29) is 23.5 Å². The highest BCUT2D eigenvalue weighted by atomic mass is 32.2. The number of ether oxygens (including phenoxy) is 1. The third-order valence-electron chi connectivity index (χ3n) is 6.01. The van der Waals surface area contributed by atoms with Gasteiger partial charge < -0.3 is 4.74 Å². The molecule has 0 spiro atoms. The van der Waals surface area contributed by atoms with Gasteiger partial charge in [0.05, 0.1) is 34.3 Å².